The van der Waals surface area contributed by atoms with Gasteiger partial charge in [-0.15, -0.1) is 0 Å². The van der Waals surface area contributed by atoms with E-state index in [4.69, 9.17) is 10.4 Å². The maximum atomic E-state index is 14.3. The van der Waals surface area contributed by atoms with Crippen molar-refractivity contribution < 1.29 is 33.9 Å². The highest BCUT2D eigenvalue weighted by molar-refractivity contribution is 6.28. The normalized spacial score (nSPS) is 17.4. The Labute approximate surface area is 248 Å². The van der Waals surface area contributed by atoms with Crippen LogP contribution in [0, 0.1) is 5.92 Å². The number of Topliss-reactive ketones (excluding diaryl/α,β-unsaturated/α-hetero) is 1. The number of aromatic amines is 1. The first-order chi connectivity index (χ1) is 20.5. The number of anilines is 1. The SMILES string of the molecule is CCC(=O)N(c1c[nH]c2ccccc12)[C@H](C1=NOC(C(=O)N(C)[C@@H](CC(=O)O)C(=O)C=[N+]=[N-])(c2ccccc2)C1)C(C)C. The Hall–Kier alpha value is -5.09. The number of aliphatic carboxylic acids is 1. The predicted molar refractivity (Wildman–Crippen MR) is 159 cm³/mol. The number of carbonyl (C=O) groups excluding carboxylic acids is 3. The molecular formula is C31H34N6O6. The van der Waals surface area contributed by atoms with Crippen molar-refractivity contribution in [3.63, 3.8) is 0 Å². The molecule has 224 valence electrons. The molecule has 1 aromatic heterocycles. The Morgan fingerprint density at radius 2 is 1.81 bits per heavy atom. The molecule has 0 bridgehead atoms. The fourth-order valence-corrected chi connectivity index (χ4v) is 5.58. The highest BCUT2D eigenvalue weighted by atomic mass is 16.7. The predicted octanol–water partition coefficient (Wildman–Crippen LogP) is 3.78. The van der Waals surface area contributed by atoms with Crippen molar-refractivity contribution in [2.75, 3.05) is 11.9 Å². The van der Waals surface area contributed by atoms with Gasteiger partial charge in [-0.2, -0.15) is 4.79 Å². The molecule has 12 nitrogen and oxygen atoms in total. The molecule has 4 rings (SSSR count). The third-order valence-corrected chi connectivity index (χ3v) is 7.65. The lowest BCUT2D eigenvalue weighted by molar-refractivity contribution is -0.160. The number of carboxylic acid groups (broad SMARTS) is 1. The standard InChI is InChI=1S/C31H34N6O6/c1-5-27(39)37(25-17-33-22-14-10-9-13-21(22)25)29(19(2)3)23-16-31(43-35-23,20-11-7-6-8-12-20)30(42)36(4)24(15-28(40)41)26(38)18-34-32/h6-14,17-19,24,29,33H,5,15-16H2,1-4H3,(H,40,41)/t24-,29-,31?/m0/s1. The Morgan fingerprint density at radius 1 is 1.14 bits per heavy atom. The number of carbonyl (C=O) groups is 4. The van der Waals surface area contributed by atoms with Crippen LogP contribution >= 0.6 is 0 Å². The smallest absolute Gasteiger partial charge is 0.325 e. The maximum absolute atomic E-state index is 14.3. The van der Waals surface area contributed by atoms with Gasteiger partial charge < -0.3 is 30.3 Å². The van der Waals surface area contributed by atoms with Gasteiger partial charge in [0.1, 0.15) is 6.04 Å². The van der Waals surface area contributed by atoms with Gasteiger partial charge in [-0.05, 0) is 12.0 Å². The number of hydrogen-bond donors (Lipinski definition) is 2. The van der Waals surface area contributed by atoms with Crippen LogP contribution in [0.1, 0.15) is 45.6 Å². The van der Waals surface area contributed by atoms with Crippen molar-refractivity contribution in [1.29, 1.82) is 0 Å². The van der Waals surface area contributed by atoms with Crippen molar-refractivity contribution in [1.82, 2.24) is 9.88 Å². The van der Waals surface area contributed by atoms with Crippen molar-refractivity contribution in [2.24, 2.45) is 11.1 Å². The van der Waals surface area contributed by atoms with Crippen LogP contribution in [0.3, 0.4) is 0 Å². The van der Waals surface area contributed by atoms with Gasteiger partial charge >= 0.3 is 12.2 Å². The molecule has 12 heteroatoms. The Balaban J connectivity index is 1.80. The summed E-state index contributed by atoms with van der Waals surface area (Å²) in [6.45, 7) is 5.67. The average Bonchev–Trinajstić information content (AvgIpc) is 3.63. The molecule has 2 N–H and O–H groups in total. The lowest BCUT2D eigenvalue weighted by Gasteiger charge is -2.36. The lowest BCUT2D eigenvalue weighted by Crippen LogP contribution is -2.54. The van der Waals surface area contributed by atoms with Crippen LogP contribution in [0.4, 0.5) is 5.69 Å². The Kier molecular flexibility index (Phi) is 9.21. The minimum atomic E-state index is -1.76. The third-order valence-electron chi connectivity index (χ3n) is 7.65. The topological polar surface area (TPSA) is 169 Å². The van der Waals surface area contributed by atoms with Crippen LogP contribution in [-0.2, 0) is 29.6 Å². The van der Waals surface area contributed by atoms with E-state index in [-0.39, 0.29) is 24.7 Å². The summed E-state index contributed by atoms with van der Waals surface area (Å²) < 4.78 is 0. The number of likely N-dealkylation sites (N-methyl/N-ethyl adjacent to an activating group) is 1. The lowest BCUT2D eigenvalue weighted by atomic mass is 9.83. The number of fused-ring (bicyclic) bond motifs is 1. The molecule has 2 amide bonds. The van der Waals surface area contributed by atoms with Gasteiger partial charge in [-0.25, -0.2) is 0 Å². The van der Waals surface area contributed by atoms with Crippen molar-refractivity contribution >= 4 is 52.1 Å². The molecule has 0 spiro atoms. The van der Waals surface area contributed by atoms with E-state index in [9.17, 15) is 24.3 Å². The number of H-pyrrole nitrogens is 1. The number of carboxylic acids is 1. The first kappa shape index (κ1) is 30.9. The minimum Gasteiger partial charge on any atom is -0.481 e. The molecule has 1 aliphatic heterocycles. The van der Waals surface area contributed by atoms with E-state index < -0.39 is 41.8 Å². The van der Waals surface area contributed by atoms with Gasteiger partial charge in [-0.1, -0.05) is 74.5 Å². The molecule has 0 saturated heterocycles. The van der Waals surface area contributed by atoms with Crippen molar-refractivity contribution in [3.05, 3.63) is 71.9 Å². The minimum absolute atomic E-state index is 0.0685. The van der Waals surface area contributed by atoms with Crippen LogP contribution in [-0.4, -0.2) is 74.4 Å². The summed E-state index contributed by atoms with van der Waals surface area (Å²) in [7, 11) is 1.30. The first-order valence-corrected chi connectivity index (χ1v) is 13.9. The fraction of sp³-hybridized carbons (Fsp3) is 0.355. The van der Waals surface area contributed by atoms with Gasteiger partial charge in [0, 0.05) is 42.6 Å². The molecule has 1 aliphatic rings. The number of nitrogens with zero attached hydrogens (tertiary/aromatic N) is 5. The second-order valence-electron chi connectivity index (χ2n) is 10.7. The number of benzene rings is 2. The number of amides is 2. The van der Waals surface area contributed by atoms with Gasteiger partial charge in [0.25, 0.3) is 11.7 Å². The average molecular weight is 587 g/mol. The summed E-state index contributed by atoms with van der Waals surface area (Å²) in [5, 5.41) is 14.7. The Morgan fingerprint density at radius 3 is 2.44 bits per heavy atom. The quantitative estimate of drug-likeness (QED) is 0.186. The molecule has 0 aliphatic carbocycles. The number of para-hydroxylation sites is 1. The van der Waals surface area contributed by atoms with Crippen molar-refractivity contribution in [3.8, 4) is 0 Å². The van der Waals surface area contributed by atoms with E-state index in [1.165, 1.54) is 7.05 Å². The molecule has 0 radical (unpaired) electrons. The molecule has 2 aromatic carbocycles. The summed E-state index contributed by atoms with van der Waals surface area (Å²) in [4.78, 5) is 66.8. The number of rotatable bonds is 12. The van der Waals surface area contributed by atoms with Gasteiger partial charge in [0.15, 0.2) is 0 Å². The maximum Gasteiger partial charge on any atom is 0.325 e. The van der Waals surface area contributed by atoms with E-state index >= 15 is 0 Å². The Bertz CT molecular complexity index is 1610. The number of oxime groups is 1. The van der Waals surface area contributed by atoms with Crippen LogP contribution in [0.25, 0.3) is 16.4 Å². The summed E-state index contributed by atoms with van der Waals surface area (Å²) >= 11 is 0. The molecular weight excluding hydrogens is 552 g/mol. The second kappa shape index (κ2) is 12.8. The molecule has 0 fully saturated rings. The number of nitrogens with one attached hydrogen (secondary N) is 1. The first-order valence-electron chi connectivity index (χ1n) is 13.9. The van der Waals surface area contributed by atoms with Gasteiger partial charge in [-0.3, -0.25) is 19.2 Å². The monoisotopic (exact) mass is 586 g/mol. The largest absolute Gasteiger partial charge is 0.481 e. The molecule has 3 atom stereocenters. The number of aromatic nitrogens is 1. The van der Waals surface area contributed by atoms with Crippen LogP contribution in [0.15, 0.2) is 65.9 Å². The fourth-order valence-electron chi connectivity index (χ4n) is 5.58. The molecule has 3 aromatic rings. The summed E-state index contributed by atoms with van der Waals surface area (Å²) in [6.07, 6.45) is 1.76. The van der Waals surface area contributed by atoms with E-state index in [1.54, 1.807) is 48.4 Å². The van der Waals surface area contributed by atoms with Gasteiger partial charge in [0.2, 0.25) is 11.5 Å². The zero-order valence-corrected chi connectivity index (χ0v) is 24.4. The van der Waals surface area contributed by atoms with E-state index in [1.807, 2.05) is 38.1 Å². The second-order valence-corrected chi connectivity index (χ2v) is 10.7. The van der Waals surface area contributed by atoms with Gasteiger partial charge in [0.05, 0.1) is 23.9 Å². The third kappa shape index (κ3) is 5.96. The zero-order valence-electron chi connectivity index (χ0n) is 24.4. The zero-order chi connectivity index (χ0) is 31.3. The highest BCUT2D eigenvalue weighted by Gasteiger charge is 2.53. The van der Waals surface area contributed by atoms with Crippen molar-refractivity contribution in [2.45, 2.75) is 57.7 Å². The summed E-state index contributed by atoms with van der Waals surface area (Å²) in [5.74, 6) is -3.22. The summed E-state index contributed by atoms with van der Waals surface area (Å²) in [5.41, 5.74) is 9.55. The van der Waals surface area contributed by atoms with Crippen LogP contribution < -0.4 is 4.90 Å². The molecule has 43 heavy (non-hydrogen) atoms. The van der Waals surface area contributed by atoms with Crippen LogP contribution in [0.2, 0.25) is 0 Å². The van der Waals surface area contributed by atoms with E-state index in [0.717, 1.165) is 15.8 Å². The van der Waals surface area contributed by atoms with Crippen LogP contribution in [0.5, 0.6) is 0 Å². The molecule has 2 heterocycles. The number of hydrogen-bond acceptors (Lipinski definition) is 6. The summed E-state index contributed by atoms with van der Waals surface area (Å²) in [6, 6.07) is 14.1. The highest BCUT2D eigenvalue weighted by Crippen LogP contribution is 2.41. The molecule has 0 saturated carbocycles. The number of ketones is 1. The van der Waals surface area contributed by atoms with E-state index in [0.29, 0.717) is 23.2 Å². The molecule has 1 unspecified atom stereocenters. The van der Waals surface area contributed by atoms with E-state index in [2.05, 4.69) is 14.9 Å².